The Morgan fingerprint density at radius 1 is 1.35 bits per heavy atom. The van der Waals surface area contributed by atoms with E-state index in [1.807, 2.05) is 22.6 Å². The molecule has 0 bridgehead atoms. The summed E-state index contributed by atoms with van der Waals surface area (Å²) in [6.07, 6.45) is 2.88. The van der Waals surface area contributed by atoms with E-state index in [0.717, 1.165) is 22.8 Å². The van der Waals surface area contributed by atoms with Gasteiger partial charge in [0.2, 0.25) is 5.91 Å². The second kappa shape index (κ2) is 5.03. The number of anilines is 1. The third-order valence-corrected chi connectivity index (χ3v) is 3.62. The van der Waals surface area contributed by atoms with Gasteiger partial charge in [0.1, 0.15) is 0 Å². The molecule has 0 atom stereocenters. The van der Waals surface area contributed by atoms with Crippen LogP contribution in [0.5, 0.6) is 0 Å². The molecule has 5 heteroatoms. The minimum atomic E-state index is -1.02. The van der Waals surface area contributed by atoms with Crippen molar-refractivity contribution in [3.8, 4) is 0 Å². The van der Waals surface area contributed by atoms with E-state index >= 15 is 0 Å². The second-order valence-electron chi connectivity index (χ2n) is 4.11. The third-order valence-electron chi connectivity index (χ3n) is 2.95. The van der Waals surface area contributed by atoms with Gasteiger partial charge in [-0.15, -0.1) is 0 Å². The van der Waals surface area contributed by atoms with Crippen molar-refractivity contribution in [1.82, 2.24) is 0 Å². The van der Waals surface area contributed by atoms with Gasteiger partial charge in [-0.2, -0.15) is 0 Å². The number of amides is 1. The van der Waals surface area contributed by atoms with E-state index in [4.69, 9.17) is 5.11 Å². The molecule has 0 saturated heterocycles. The van der Waals surface area contributed by atoms with Gasteiger partial charge in [-0.25, -0.2) is 4.79 Å². The van der Waals surface area contributed by atoms with Crippen LogP contribution in [-0.2, 0) is 4.79 Å². The molecule has 1 aliphatic rings. The van der Waals surface area contributed by atoms with Crippen molar-refractivity contribution in [1.29, 1.82) is 0 Å². The lowest BCUT2D eigenvalue weighted by Crippen LogP contribution is -2.28. The number of halogens is 1. The number of nitrogens with one attached hydrogen (secondary N) is 1. The number of carboxylic acid groups (broad SMARTS) is 1. The molecule has 0 heterocycles. The fraction of sp³-hybridized carbons (Fsp3) is 0.333. The molecule has 1 amide bonds. The van der Waals surface area contributed by atoms with Crippen molar-refractivity contribution in [2.45, 2.75) is 19.3 Å². The number of benzene rings is 1. The van der Waals surface area contributed by atoms with Crippen LogP contribution in [0.2, 0.25) is 0 Å². The largest absolute Gasteiger partial charge is 0.478 e. The standard InChI is InChI=1S/C12H12INO3/c13-8-4-5-10(9(6-8)12(16)17)14-11(15)7-2-1-3-7/h4-7H,1-3H2,(H,14,15)(H,16,17). The Labute approximate surface area is 113 Å². The quantitative estimate of drug-likeness (QED) is 0.828. The number of hydrogen-bond acceptors (Lipinski definition) is 2. The summed E-state index contributed by atoms with van der Waals surface area (Å²) in [6, 6.07) is 4.98. The molecule has 2 N–H and O–H groups in total. The highest BCUT2D eigenvalue weighted by Gasteiger charge is 2.26. The highest BCUT2D eigenvalue weighted by molar-refractivity contribution is 14.1. The molecular formula is C12H12INO3. The topological polar surface area (TPSA) is 66.4 Å². The van der Waals surface area contributed by atoms with Gasteiger partial charge in [0.15, 0.2) is 0 Å². The van der Waals surface area contributed by atoms with Gasteiger partial charge in [-0.3, -0.25) is 4.79 Å². The maximum Gasteiger partial charge on any atom is 0.337 e. The number of rotatable bonds is 3. The lowest BCUT2D eigenvalue weighted by atomic mass is 9.85. The zero-order valence-electron chi connectivity index (χ0n) is 9.07. The highest BCUT2D eigenvalue weighted by Crippen LogP contribution is 2.28. The van der Waals surface area contributed by atoms with Crippen molar-refractivity contribution in [2.24, 2.45) is 5.92 Å². The first-order valence-corrected chi connectivity index (χ1v) is 6.49. The first-order valence-electron chi connectivity index (χ1n) is 5.41. The van der Waals surface area contributed by atoms with Gasteiger partial charge in [0.25, 0.3) is 0 Å². The highest BCUT2D eigenvalue weighted by atomic mass is 127. The van der Waals surface area contributed by atoms with E-state index in [9.17, 15) is 9.59 Å². The predicted octanol–water partition coefficient (Wildman–Crippen LogP) is 2.73. The molecule has 0 spiro atoms. The molecule has 0 unspecified atom stereocenters. The molecule has 0 aliphatic heterocycles. The van der Waals surface area contributed by atoms with E-state index in [0.29, 0.717) is 5.69 Å². The lowest BCUT2D eigenvalue weighted by molar-refractivity contribution is -0.122. The Bertz CT molecular complexity index is 469. The summed E-state index contributed by atoms with van der Waals surface area (Å²) in [5.41, 5.74) is 0.527. The first kappa shape index (κ1) is 12.3. The van der Waals surface area contributed by atoms with Crippen LogP contribution in [0.25, 0.3) is 0 Å². The van der Waals surface area contributed by atoms with Crippen molar-refractivity contribution in [3.05, 3.63) is 27.3 Å². The van der Waals surface area contributed by atoms with Crippen LogP contribution >= 0.6 is 22.6 Å². The Balaban J connectivity index is 2.19. The minimum absolute atomic E-state index is 0.0518. The van der Waals surface area contributed by atoms with E-state index in [1.54, 1.807) is 18.2 Å². The zero-order valence-corrected chi connectivity index (χ0v) is 11.2. The minimum Gasteiger partial charge on any atom is -0.478 e. The van der Waals surface area contributed by atoms with Crippen LogP contribution in [-0.4, -0.2) is 17.0 Å². The lowest BCUT2D eigenvalue weighted by Gasteiger charge is -2.24. The predicted molar refractivity (Wildman–Crippen MR) is 72.1 cm³/mol. The van der Waals surface area contributed by atoms with Crippen LogP contribution in [0.4, 0.5) is 5.69 Å². The Morgan fingerprint density at radius 2 is 2.06 bits per heavy atom. The molecular weight excluding hydrogens is 333 g/mol. The van der Waals surface area contributed by atoms with E-state index < -0.39 is 5.97 Å². The fourth-order valence-corrected chi connectivity index (χ4v) is 2.20. The van der Waals surface area contributed by atoms with E-state index in [-0.39, 0.29) is 17.4 Å². The van der Waals surface area contributed by atoms with Gasteiger partial charge < -0.3 is 10.4 Å². The third kappa shape index (κ3) is 2.77. The van der Waals surface area contributed by atoms with E-state index in [2.05, 4.69) is 5.32 Å². The zero-order chi connectivity index (χ0) is 12.4. The summed E-state index contributed by atoms with van der Waals surface area (Å²) in [4.78, 5) is 22.8. The average Bonchev–Trinajstić information content (AvgIpc) is 2.17. The second-order valence-corrected chi connectivity index (χ2v) is 5.36. The molecule has 0 radical (unpaired) electrons. The summed E-state index contributed by atoms with van der Waals surface area (Å²) in [5.74, 6) is -1.04. The van der Waals surface area contributed by atoms with Gasteiger partial charge in [-0.1, -0.05) is 6.42 Å². The molecule has 1 saturated carbocycles. The van der Waals surface area contributed by atoms with Crippen molar-refractivity contribution >= 4 is 40.2 Å². The molecule has 90 valence electrons. The smallest absolute Gasteiger partial charge is 0.337 e. The number of aromatic carboxylic acids is 1. The summed E-state index contributed by atoms with van der Waals surface area (Å²) in [5, 5.41) is 11.8. The average molecular weight is 345 g/mol. The Morgan fingerprint density at radius 3 is 2.59 bits per heavy atom. The molecule has 1 fully saturated rings. The summed E-state index contributed by atoms with van der Waals surface area (Å²) in [7, 11) is 0. The monoisotopic (exact) mass is 345 g/mol. The summed E-state index contributed by atoms with van der Waals surface area (Å²) < 4.78 is 0.835. The van der Waals surface area contributed by atoms with Crippen molar-refractivity contribution in [2.75, 3.05) is 5.32 Å². The number of carbonyl (C=O) groups excluding carboxylic acids is 1. The first-order chi connectivity index (χ1) is 8.08. The Kier molecular flexibility index (Phi) is 3.66. The maximum atomic E-state index is 11.7. The van der Waals surface area contributed by atoms with Gasteiger partial charge >= 0.3 is 5.97 Å². The van der Waals surface area contributed by atoms with Gasteiger partial charge in [0, 0.05) is 9.49 Å². The molecule has 1 aromatic carbocycles. The van der Waals surface area contributed by atoms with Crippen LogP contribution in [0.3, 0.4) is 0 Å². The normalized spacial score (nSPS) is 15.1. The molecule has 1 aromatic rings. The van der Waals surface area contributed by atoms with Gasteiger partial charge in [0.05, 0.1) is 11.3 Å². The molecule has 0 aromatic heterocycles. The number of carboxylic acids is 1. The maximum absolute atomic E-state index is 11.7. The molecule has 4 nitrogen and oxygen atoms in total. The molecule has 1 aliphatic carbocycles. The van der Waals surface area contributed by atoms with Gasteiger partial charge in [-0.05, 0) is 53.6 Å². The summed E-state index contributed by atoms with van der Waals surface area (Å²) >= 11 is 2.05. The summed E-state index contributed by atoms with van der Waals surface area (Å²) in [6.45, 7) is 0. The SMILES string of the molecule is O=C(O)c1cc(I)ccc1NC(=O)C1CCC1. The van der Waals surface area contributed by atoms with Crippen LogP contribution in [0, 0.1) is 9.49 Å². The fourth-order valence-electron chi connectivity index (χ4n) is 1.71. The van der Waals surface area contributed by atoms with E-state index in [1.165, 1.54) is 0 Å². The molecule has 2 rings (SSSR count). The van der Waals surface area contributed by atoms with Crippen molar-refractivity contribution < 1.29 is 14.7 Å². The van der Waals surface area contributed by atoms with Crippen LogP contribution in [0.15, 0.2) is 18.2 Å². The number of hydrogen-bond donors (Lipinski definition) is 2. The Hall–Kier alpha value is -1.11. The molecule has 17 heavy (non-hydrogen) atoms. The van der Waals surface area contributed by atoms with Crippen molar-refractivity contribution in [3.63, 3.8) is 0 Å². The van der Waals surface area contributed by atoms with Crippen LogP contribution < -0.4 is 5.32 Å². The van der Waals surface area contributed by atoms with Crippen LogP contribution in [0.1, 0.15) is 29.6 Å². The number of carbonyl (C=O) groups is 2.